The van der Waals surface area contributed by atoms with E-state index in [2.05, 4.69) is 39.6 Å². The largest absolute Gasteiger partial charge is 0.294 e. The van der Waals surface area contributed by atoms with E-state index in [1.54, 1.807) is 12.4 Å². The van der Waals surface area contributed by atoms with Crippen LogP contribution in [0, 0.1) is 0 Å². The van der Waals surface area contributed by atoms with Crippen molar-refractivity contribution in [2.24, 2.45) is 0 Å². The fourth-order valence-corrected chi connectivity index (χ4v) is 4.20. The quantitative estimate of drug-likeness (QED) is 0.245. The molecule has 0 spiro atoms. The zero-order valence-electron chi connectivity index (χ0n) is 19.4. The van der Waals surface area contributed by atoms with E-state index in [0.717, 1.165) is 46.4 Å². The molecule has 0 aliphatic heterocycles. The summed E-state index contributed by atoms with van der Waals surface area (Å²) in [5.41, 5.74) is 7.03. The van der Waals surface area contributed by atoms with Gasteiger partial charge in [-0.25, -0.2) is 4.68 Å². The van der Waals surface area contributed by atoms with Crippen molar-refractivity contribution in [2.75, 3.05) is 0 Å². The van der Waals surface area contributed by atoms with Crippen LogP contribution in [-0.2, 0) is 13.0 Å². The van der Waals surface area contributed by atoms with Crippen molar-refractivity contribution in [2.45, 2.75) is 25.8 Å². The van der Waals surface area contributed by atoms with Crippen LogP contribution in [0.1, 0.15) is 34.3 Å². The van der Waals surface area contributed by atoms with E-state index in [9.17, 15) is 4.79 Å². The van der Waals surface area contributed by atoms with Gasteiger partial charge >= 0.3 is 0 Å². The average molecular weight is 459 g/mol. The molecule has 5 heteroatoms. The fourth-order valence-electron chi connectivity index (χ4n) is 4.20. The summed E-state index contributed by atoms with van der Waals surface area (Å²) < 4.78 is 1.83. The van der Waals surface area contributed by atoms with E-state index < -0.39 is 0 Å². The number of nitrogens with zero attached hydrogens (tertiary/aromatic N) is 4. The Hall–Kier alpha value is -4.38. The Morgan fingerprint density at radius 3 is 2.31 bits per heavy atom. The van der Waals surface area contributed by atoms with Gasteiger partial charge < -0.3 is 0 Å². The van der Waals surface area contributed by atoms with Crippen molar-refractivity contribution >= 4 is 5.78 Å². The molecule has 0 N–H and O–H groups in total. The van der Waals surface area contributed by atoms with Gasteiger partial charge in [-0.05, 0) is 47.2 Å². The molecule has 0 radical (unpaired) electrons. The Labute approximate surface area is 205 Å². The van der Waals surface area contributed by atoms with Gasteiger partial charge in [0.15, 0.2) is 5.78 Å². The lowest BCUT2D eigenvalue weighted by Gasteiger charge is -2.09. The van der Waals surface area contributed by atoms with Crippen LogP contribution in [0.5, 0.6) is 0 Å². The van der Waals surface area contributed by atoms with Gasteiger partial charge in [-0.3, -0.25) is 9.78 Å². The molecular weight excluding hydrogens is 432 g/mol. The van der Waals surface area contributed by atoms with Crippen LogP contribution < -0.4 is 0 Å². The van der Waals surface area contributed by atoms with Crippen LogP contribution in [0.25, 0.3) is 22.4 Å². The first-order valence-corrected chi connectivity index (χ1v) is 11.8. The maximum absolute atomic E-state index is 13.0. The monoisotopic (exact) mass is 458 g/mol. The van der Waals surface area contributed by atoms with Crippen molar-refractivity contribution in [1.29, 1.82) is 0 Å². The first kappa shape index (κ1) is 22.4. The summed E-state index contributed by atoms with van der Waals surface area (Å²) in [7, 11) is 0. The van der Waals surface area contributed by atoms with E-state index in [1.165, 1.54) is 5.56 Å². The molecule has 0 saturated heterocycles. The molecule has 5 rings (SSSR count). The molecule has 0 amide bonds. The summed E-state index contributed by atoms with van der Waals surface area (Å²) in [5, 5.41) is 8.49. The van der Waals surface area contributed by atoms with Gasteiger partial charge in [-0.1, -0.05) is 84.1 Å². The molecular formula is C30H26N4O. The van der Waals surface area contributed by atoms with Gasteiger partial charge in [-0.15, -0.1) is 5.10 Å². The summed E-state index contributed by atoms with van der Waals surface area (Å²) in [6.07, 6.45) is 7.68. The molecule has 3 aromatic carbocycles. The smallest absolute Gasteiger partial charge is 0.163 e. The van der Waals surface area contributed by atoms with Crippen LogP contribution in [0.15, 0.2) is 110 Å². The molecule has 0 aliphatic rings. The van der Waals surface area contributed by atoms with Crippen molar-refractivity contribution in [3.8, 4) is 22.4 Å². The Morgan fingerprint density at radius 1 is 0.771 bits per heavy atom. The lowest BCUT2D eigenvalue weighted by Crippen LogP contribution is -2.03. The van der Waals surface area contributed by atoms with Gasteiger partial charge in [0.25, 0.3) is 0 Å². The van der Waals surface area contributed by atoms with Crippen molar-refractivity contribution in [3.05, 3.63) is 126 Å². The second kappa shape index (κ2) is 10.7. The topological polar surface area (TPSA) is 60.7 Å². The first-order valence-electron chi connectivity index (χ1n) is 11.8. The Kier molecular flexibility index (Phi) is 6.85. The highest BCUT2D eigenvalue weighted by Crippen LogP contribution is 2.25. The predicted molar refractivity (Wildman–Crippen MR) is 138 cm³/mol. The summed E-state index contributed by atoms with van der Waals surface area (Å²) in [6.45, 7) is 0.655. The van der Waals surface area contributed by atoms with Crippen LogP contribution in [0.2, 0.25) is 0 Å². The highest BCUT2D eigenvalue weighted by molar-refractivity contribution is 6.02. The molecule has 2 heterocycles. The second-order valence-electron chi connectivity index (χ2n) is 8.55. The van der Waals surface area contributed by atoms with Crippen molar-refractivity contribution < 1.29 is 4.79 Å². The number of carbonyl (C=O) groups is 1. The third-order valence-electron chi connectivity index (χ3n) is 6.05. The third kappa shape index (κ3) is 5.58. The lowest BCUT2D eigenvalue weighted by molar-refractivity contribution is 0.0981. The number of carbonyl (C=O) groups excluding carboxylic acids is 1. The minimum absolute atomic E-state index is 0.191. The normalized spacial score (nSPS) is 10.9. The SMILES string of the molecule is O=C(CCCc1ccc(Cn2cc(-c3cccnc3)nn2)cc1)c1ccccc1-c1ccccc1. The predicted octanol–water partition coefficient (Wildman–Crippen LogP) is 6.26. The number of ketones is 1. The number of rotatable bonds is 9. The molecule has 0 saturated carbocycles. The zero-order chi connectivity index (χ0) is 23.9. The van der Waals surface area contributed by atoms with Gasteiger partial charge in [0.05, 0.1) is 12.7 Å². The number of pyridine rings is 1. The van der Waals surface area contributed by atoms with E-state index in [1.807, 2.05) is 77.6 Å². The maximum atomic E-state index is 13.0. The van der Waals surface area contributed by atoms with Gasteiger partial charge in [0.2, 0.25) is 0 Å². The summed E-state index contributed by atoms with van der Waals surface area (Å²) in [5.74, 6) is 0.191. The minimum Gasteiger partial charge on any atom is -0.294 e. The molecule has 0 unspecified atom stereocenters. The maximum Gasteiger partial charge on any atom is 0.163 e. The highest BCUT2D eigenvalue weighted by Gasteiger charge is 2.12. The average Bonchev–Trinajstić information content (AvgIpc) is 3.39. The summed E-state index contributed by atoms with van der Waals surface area (Å²) >= 11 is 0. The van der Waals surface area contributed by atoms with Crippen LogP contribution in [0.3, 0.4) is 0 Å². The van der Waals surface area contributed by atoms with E-state index in [4.69, 9.17) is 0 Å². The molecule has 0 aliphatic carbocycles. The molecule has 0 bridgehead atoms. The first-order chi connectivity index (χ1) is 17.3. The number of Topliss-reactive ketones (excluding diaryl/α,β-unsaturated/α-hetero) is 1. The lowest BCUT2D eigenvalue weighted by atomic mass is 9.94. The molecule has 2 aromatic heterocycles. The summed E-state index contributed by atoms with van der Waals surface area (Å²) in [6, 6.07) is 30.3. The van der Waals surface area contributed by atoms with Gasteiger partial charge in [0, 0.05) is 29.9 Å². The number of aromatic nitrogens is 4. The van der Waals surface area contributed by atoms with E-state index >= 15 is 0 Å². The third-order valence-corrected chi connectivity index (χ3v) is 6.05. The van der Waals surface area contributed by atoms with Crippen LogP contribution in [0.4, 0.5) is 0 Å². The minimum atomic E-state index is 0.191. The molecule has 0 atom stereocenters. The summed E-state index contributed by atoms with van der Waals surface area (Å²) in [4.78, 5) is 17.1. The van der Waals surface area contributed by atoms with Crippen molar-refractivity contribution in [3.63, 3.8) is 0 Å². The van der Waals surface area contributed by atoms with Gasteiger partial charge in [-0.2, -0.15) is 0 Å². The van der Waals surface area contributed by atoms with Crippen molar-refractivity contribution in [1.82, 2.24) is 20.0 Å². The standard InChI is InChI=1S/C30H26N4O/c35-30(28-13-5-4-12-27(28)25-9-2-1-3-10-25)14-6-8-23-15-17-24(18-16-23)21-34-22-29(32-33-34)26-11-7-19-31-20-26/h1-5,7,9-13,15-20,22H,6,8,14,21H2. The second-order valence-corrected chi connectivity index (χ2v) is 8.55. The Morgan fingerprint density at radius 2 is 1.51 bits per heavy atom. The molecule has 5 aromatic rings. The van der Waals surface area contributed by atoms with Gasteiger partial charge in [0.1, 0.15) is 5.69 Å². The fraction of sp³-hybridized carbons (Fsp3) is 0.133. The molecule has 172 valence electrons. The highest BCUT2D eigenvalue weighted by atomic mass is 16.1. The van der Waals surface area contributed by atoms with E-state index in [0.29, 0.717) is 13.0 Å². The van der Waals surface area contributed by atoms with Crippen LogP contribution in [-0.4, -0.2) is 25.8 Å². The number of benzene rings is 3. The number of hydrogen-bond acceptors (Lipinski definition) is 4. The molecule has 5 nitrogen and oxygen atoms in total. The van der Waals surface area contributed by atoms with Crippen LogP contribution >= 0.6 is 0 Å². The Bertz CT molecular complexity index is 1390. The zero-order valence-corrected chi connectivity index (χ0v) is 19.4. The Balaban J connectivity index is 1.16. The number of hydrogen-bond donors (Lipinski definition) is 0. The molecule has 35 heavy (non-hydrogen) atoms. The van der Waals surface area contributed by atoms with E-state index in [-0.39, 0.29) is 5.78 Å². The molecule has 0 fully saturated rings. The number of aryl methyl sites for hydroxylation is 1.